The van der Waals surface area contributed by atoms with Crippen LogP contribution in [0.5, 0.6) is 0 Å². The van der Waals surface area contributed by atoms with E-state index < -0.39 is 0 Å². The van der Waals surface area contributed by atoms with Gasteiger partial charge in [0.2, 0.25) is 5.91 Å². The van der Waals surface area contributed by atoms with E-state index in [1.807, 2.05) is 29.5 Å². The molecule has 2 aromatic rings. The van der Waals surface area contributed by atoms with E-state index in [0.29, 0.717) is 12.5 Å². The molecule has 1 unspecified atom stereocenters. The summed E-state index contributed by atoms with van der Waals surface area (Å²) in [7, 11) is 1.96. The number of pyridine rings is 1. The van der Waals surface area contributed by atoms with Crippen LogP contribution < -0.4 is 5.32 Å². The molecule has 1 saturated heterocycles. The summed E-state index contributed by atoms with van der Waals surface area (Å²) in [6.45, 7) is 1.66. The van der Waals surface area contributed by atoms with Crippen molar-refractivity contribution in [1.29, 1.82) is 0 Å². The molecular formula is C16H22Cl2N4OS. The van der Waals surface area contributed by atoms with E-state index in [1.165, 1.54) is 0 Å². The second-order valence-electron chi connectivity index (χ2n) is 5.53. The van der Waals surface area contributed by atoms with Gasteiger partial charge in [0.1, 0.15) is 5.01 Å². The minimum Gasteiger partial charge on any atom is -0.341 e. The molecule has 1 fully saturated rings. The van der Waals surface area contributed by atoms with Crippen molar-refractivity contribution in [3.05, 3.63) is 35.6 Å². The van der Waals surface area contributed by atoms with Crippen LogP contribution in [-0.2, 0) is 11.2 Å². The highest BCUT2D eigenvalue weighted by Gasteiger charge is 2.23. The van der Waals surface area contributed by atoms with Gasteiger partial charge in [-0.25, -0.2) is 4.98 Å². The van der Waals surface area contributed by atoms with Crippen LogP contribution in [0.3, 0.4) is 0 Å². The topological polar surface area (TPSA) is 58.1 Å². The first-order valence-corrected chi connectivity index (χ1v) is 8.44. The molecule has 1 amide bonds. The van der Waals surface area contributed by atoms with Gasteiger partial charge in [-0.15, -0.1) is 36.2 Å². The number of piperidine rings is 1. The molecule has 0 aromatic carbocycles. The smallest absolute Gasteiger partial charge is 0.228 e. The molecule has 1 aliphatic heterocycles. The van der Waals surface area contributed by atoms with E-state index in [2.05, 4.69) is 15.3 Å². The molecule has 3 rings (SSSR count). The van der Waals surface area contributed by atoms with Crippen LogP contribution in [-0.4, -0.2) is 47.0 Å². The van der Waals surface area contributed by atoms with Crippen LogP contribution >= 0.6 is 36.2 Å². The zero-order valence-electron chi connectivity index (χ0n) is 13.5. The van der Waals surface area contributed by atoms with Gasteiger partial charge in [0.05, 0.1) is 12.1 Å². The predicted octanol–water partition coefficient (Wildman–Crippen LogP) is 2.80. The van der Waals surface area contributed by atoms with E-state index in [0.717, 1.165) is 42.2 Å². The first-order chi connectivity index (χ1) is 10.8. The molecule has 0 bridgehead atoms. The van der Waals surface area contributed by atoms with E-state index in [-0.39, 0.29) is 30.7 Å². The fraction of sp³-hybridized carbons (Fsp3) is 0.438. The third-order valence-corrected chi connectivity index (χ3v) is 4.92. The molecule has 1 aliphatic rings. The summed E-state index contributed by atoms with van der Waals surface area (Å²) >= 11 is 1.56. The SMILES string of the molecule is CNC1CCCN(C(=O)Cc2csc(-c3cccnc3)n2)C1.Cl.Cl. The number of nitrogens with one attached hydrogen (secondary N) is 1. The fourth-order valence-electron chi connectivity index (χ4n) is 2.72. The van der Waals surface area contributed by atoms with Crippen molar-refractivity contribution in [2.24, 2.45) is 0 Å². The van der Waals surface area contributed by atoms with Gasteiger partial charge in [-0.2, -0.15) is 0 Å². The standard InChI is InChI=1S/C16H20N4OS.2ClH/c1-17-13-5-3-7-20(10-13)15(21)8-14-11-22-16(19-14)12-4-2-6-18-9-12;;/h2,4,6,9,11,13,17H,3,5,7-8,10H2,1H3;2*1H. The number of hydrogen-bond donors (Lipinski definition) is 1. The molecule has 0 aliphatic carbocycles. The lowest BCUT2D eigenvalue weighted by atomic mass is 10.1. The van der Waals surface area contributed by atoms with Gasteiger partial charge in [-0.1, -0.05) is 0 Å². The molecule has 8 heteroatoms. The Labute approximate surface area is 158 Å². The van der Waals surface area contributed by atoms with Crippen molar-refractivity contribution in [3.63, 3.8) is 0 Å². The molecule has 132 valence electrons. The van der Waals surface area contributed by atoms with E-state index in [9.17, 15) is 4.79 Å². The van der Waals surface area contributed by atoms with E-state index >= 15 is 0 Å². The van der Waals surface area contributed by atoms with E-state index in [4.69, 9.17) is 0 Å². The van der Waals surface area contributed by atoms with Crippen LogP contribution in [0.25, 0.3) is 10.6 Å². The molecule has 5 nitrogen and oxygen atoms in total. The van der Waals surface area contributed by atoms with Gasteiger partial charge in [0.25, 0.3) is 0 Å². The molecule has 24 heavy (non-hydrogen) atoms. The van der Waals surface area contributed by atoms with Crippen LogP contribution in [0.2, 0.25) is 0 Å². The number of aromatic nitrogens is 2. The Morgan fingerprint density at radius 2 is 2.29 bits per heavy atom. The summed E-state index contributed by atoms with van der Waals surface area (Å²) in [5.74, 6) is 0.169. The predicted molar refractivity (Wildman–Crippen MR) is 102 cm³/mol. The summed E-state index contributed by atoms with van der Waals surface area (Å²) < 4.78 is 0. The Morgan fingerprint density at radius 1 is 1.46 bits per heavy atom. The molecule has 0 saturated carbocycles. The summed E-state index contributed by atoms with van der Waals surface area (Å²) in [5, 5.41) is 6.15. The molecule has 0 radical (unpaired) electrons. The van der Waals surface area contributed by atoms with Gasteiger partial charge in [-0.05, 0) is 32.0 Å². The Morgan fingerprint density at radius 3 is 3.00 bits per heavy atom. The van der Waals surface area contributed by atoms with Crippen molar-refractivity contribution in [3.8, 4) is 10.6 Å². The van der Waals surface area contributed by atoms with Crippen molar-refractivity contribution < 1.29 is 4.79 Å². The van der Waals surface area contributed by atoms with Gasteiger partial charge >= 0.3 is 0 Å². The average Bonchev–Trinajstić information content (AvgIpc) is 3.04. The molecule has 1 N–H and O–H groups in total. The first-order valence-electron chi connectivity index (χ1n) is 7.56. The summed E-state index contributed by atoms with van der Waals surface area (Å²) in [6, 6.07) is 4.30. The summed E-state index contributed by atoms with van der Waals surface area (Å²) in [4.78, 5) is 23.1. The molecule has 0 spiro atoms. The number of rotatable bonds is 4. The number of thiazole rings is 1. The number of likely N-dealkylation sites (N-methyl/N-ethyl adjacent to an activating group) is 1. The average molecular weight is 389 g/mol. The van der Waals surface area contributed by atoms with Gasteiger partial charge in [0, 0.05) is 42.5 Å². The number of halogens is 2. The van der Waals surface area contributed by atoms with Crippen molar-refractivity contribution in [2.75, 3.05) is 20.1 Å². The van der Waals surface area contributed by atoms with Crippen LogP contribution in [0, 0.1) is 0 Å². The van der Waals surface area contributed by atoms with Crippen molar-refractivity contribution in [2.45, 2.75) is 25.3 Å². The summed E-state index contributed by atoms with van der Waals surface area (Å²) in [5.41, 5.74) is 1.85. The van der Waals surface area contributed by atoms with Crippen LogP contribution in [0.1, 0.15) is 18.5 Å². The molecule has 3 heterocycles. The number of likely N-dealkylation sites (tertiary alicyclic amines) is 1. The van der Waals surface area contributed by atoms with Crippen molar-refractivity contribution in [1.82, 2.24) is 20.2 Å². The Kier molecular flexibility index (Phi) is 8.62. The van der Waals surface area contributed by atoms with Crippen molar-refractivity contribution >= 4 is 42.1 Å². The number of amides is 1. The highest BCUT2D eigenvalue weighted by molar-refractivity contribution is 7.13. The molecule has 2 aromatic heterocycles. The minimum atomic E-state index is 0. The molecule has 1 atom stereocenters. The Bertz CT molecular complexity index is 638. The Hall–Kier alpha value is -1.21. The minimum absolute atomic E-state index is 0. The monoisotopic (exact) mass is 388 g/mol. The largest absolute Gasteiger partial charge is 0.341 e. The number of nitrogens with zero attached hydrogens (tertiary/aromatic N) is 3. The number of hydrogen-bond acceptors (Lipinski definition) is 5. The summed E-state index contributed by atoms with van der Waals surface area (Å²) in [6.07, 6.45) is 6.13. The number of carbonyl (C=O) groups is 1. The third-order valence-electron chi connectivity index (χ3n) is 3.97. The third kappa shape index (κ3) is 5.14. The number of carbonyl (C=O) groups excluding carboxylic acids is 1. The zero-order valence-corrected chi connectivity index (χ0v) is 15.9. The molecular weight excluding hydrogens is 367 g/mol. The second kappa shape index (κ2) is 9.93. The fourth-order valence-corrected chi connectivity index (χ4v) is 3.53. The highest BCUT2D eigenvalue weighted by Crippen LogP contribution is 2.23. The van der Waals surface area contributed by atoms with Crippen LogP contribution in [0.15, 0.2) is 29.9 Å². The maximum Gasteiger partial charge on any atom is 0.228 e. The van der Waals surface area contributed by atoms with E-state index in [1.54, 1.807) is 23.7 Å². The lowest BCUT2D eigenvalue weighted by Gasteiger charge is -2.32. The first kappa shape index (κ1) is 20.8. The quantitative estimate of drug-likeness (QED) is 0.874. The van der Waals surface area contributed by atoms with Gasteiger partial charge in [-0.3, -0.25) is 9.78 Å². The van der Waals surface area contributed by atoms with Gasteiger partial charge in [0.15, 0.2) is 0 Å². The lowest BCUT2D eigenvalue weighted by molar-refractivity contribution is -0.131. The second-order valence-corrected chi connectivity index (χ2v) is 6.39. The lowest BCUT2D eigenvalue weighted by Crippen LogP contribution is -2.47. The maximum atomic E-state index is 12.4. The maximum absolute atomic E-state index is 12.4. The van der Waals surface area contributed by atoms with Gasteiger partial charge < -0.3 is 10.2 Å². The zero-order chi connectivity index (χ0) is 15.4. The highest BCUT2D eigenvalue weighted by atomic mass is 35.5. The Balaban J connectivity index is 0.00000144. The van der Waals surface area contributed by atoms with Crippen LogP contribution in [0.4, 0.5) is 0 Å². The normalized spacial score (nSPS) is 16.9.